The van der Waals surface area contributed by atoms with Gasteiger partial charge in [-0.05, 0) is 37.5 Å². The fraction of sp³-hybridized carbons (Fsp3) is 0.421. The van der Waals surface area contributed by atoms with Crippen LogP contribution in [0.2, 0.25) is 0 Å². The number of aromatic nitrogens is 3. The lowest BCUT2D eigenvalue weighted by molar-refractivity contribution is 0.287. The molecule has 0 aliphatic carbocycles. The number of rotatable bonds is 3. The number of fused-ring (bicyclic) bond motifs is 2. The van der Waals surface area contributed by atoms with E-state index in [1.165, 1.54) is 25.3 Å². The predicted octanol–water partition coefficient (Wildman–Crippen LogP) is 3.39. The minimum absolute atomic E-state index is 0.346. The monoisotopic (exact) mass is 339 g/mol. The Labute approximate surface area is 145 Å². The highest BCUT2D eigenvalue weighted by Gasteiger charge is 2.14. The van der Waals surface area contributed by atoms with E-state index in [1.807, 2.05) is 19.1 Å². The van der Waals surface area contributed by atoms with Crippen LogP contribution in [0.5, 0.6) is 5.75 Å². The van der Waals surface area contributed by atoms with Gasteiger partial charge >= 0.3 is 5.63 Å². The van der Waals surface area contributed by atoms with Crippen molar-refractivity contribution in [1.29, 1.82) is 0 Å². The van der Waals surface area contributed by atoms with E-state index in [0.717, 1.165) is 42.0 Å². The molecule has 0 spiro atoms. The summed E-state index contributed by atoms with van der Waals surface area (Å²) >= 11 is 0. The lowest BCUT2D eigenvalue weighted by Gasteiger charge is -2.14. The lowest BCUT2D eigenvalue weighted by atomic mass is 10.1. The number of aryl methyl sites for hydroxylation is 2. The van der Waals surface area contributed by atoms with Crippen molar-refractivity contribution in [3.05, 3.63) is 51.9 Å². The highest BCUT2D eigenvalue weighted by molar-refractivity contribution is 5.81. The SMILES string of the molecule is Cc1cc(=O)oc2cc(OCc3nnc4n3CCCCCC4)ccc12. The molecule has 0 fully saturated rings. The van der Waals surface area contributed by atoms with E-state index in [0.29, 0.717) is 17.9 Å². The summed E-state index contributed by atoms with van der Waals surface area (Å²) < 4.78 is 13.3. The molecule has 3 heterocycles. The summed E-state index contributed by atoms with van der Waals surface area (Å²) in [4.78, 5) is 11.6. The van der Waals surface area contributed by atoms with Crippen LogP contribution < -0.4 is 10.4 Å². The third kappa shape index (κ3) is 3.29. The maximum Gasteiger partial charge on any atom is 0.336 e. The number of hydrogen-bond acceptors (Lipinski definition) is 5. The predicted molar refractivity (Wildman–Crippen MR) is 93.7 cm³/mol. The lowest BCUT2D eigenvalue weighted by Crippen LogP contribution is -2.12. The number of ether oxygens (including phenoxy) is 1. The third-order valence-corrected chi connectivity index (χ3v) is 4.73. The van der Waals surface area contributed by atoms with Gasteiger partial charge in [0.15, 0.2) is 5.82 Å². The van der Waals surface area contributed by atoms with Crippen molar-refractivity contribution in [1.82, 2.24) is 14.8 Å². The summed E-state index contributed by atoms with van der Waals surface area (Å²) in [6.45, 7) is 3.20. The van der Waals surface area contributed by atoms with Crippen LogP contribution in [0.25, 0.3) is 11.0 Å². The molecule has 0 atom stereocenters. The van der Waals surface area contributed by atoms with Gasteiger partial charge in [0, 0.05) is 30.5 Å². The second-order valence-corrected chi connectivity index (χ2v) is 6.54. The number of hydrogen-bond donors (Lipinski definition) is 0. The molecule has 0 unspecified atom stereocenters. The first-order valence-electron chi connectivity index (χ1n) is 8.79. The summed E-state index contributed by atoms with van der Waals surface area (Å²) in [5.41, 5.74) is 1.09. The van der Waals surface area contributed by atoms with Gasteiger partial charge in [0.1, 0.15) is 23.8 Å². The van der Waals surface area contributed by atoms with Crippen molar-refractivity contribution in [2.45, 2.75) is 52.2 Å². The van der Waals surface area contributed by atoms with Gasteiger partial charge in [0.2, 0.25) is 0 Å². The van der Waals surface area contributed by atoms with E-state index >= 15 is 0 Å². The second-order valence-electron chi connectivity index (χ2n) is 6.54. The Morgan fingerprint density at radius 3 is 2.96 bits per heavy atom. The fourth-order valence-corrected chi connectivity index (χ4v) is 3.37. The van der Waals surface area contributed by atoms with E-state index in [-0.39, 0.29) is 5.63 Å². The van der Waals surface area contributed by atoms with Gasteiger partial charge in [-0.2, -0.15) is 0 Å². The maximum atomic E-state index is 11.6. The number of nitrogens with zero attached hydrogens (tertiary/aromatic N) is 3. The van der Waals surface area contributed by atoms with Crippen LogP contribution >= 0.6 is 0 Å². The average molecular weight is 339 g/mol. The minimum atomic E-state index is -0.346. The molecule has 6 nitrogen and oxygen atoms in total. The summed E-state index contributed by atoms with van der Waals surface area (Å²) in [7, 11) is 0. The van der Waals surface area contributed by atoms with Gasteiger partial charge in [-0.25, -0.2) is 4.79 Å². The van der Waals surface area contributed by atoms with Gasteiger partial charge < -0.3 is 13.7 Å². The van der Waals surface area contributed by atoms with Gasteiger partial charge in [-0.15, -0.1) is 10.2 Å². The quantitative estimate of drug-likeness (QED) is 0.684. The maximum absolute atomic E-state index is 11.6. The average Bonchev–Trinajstić information content (AvgIpc) is 2.93. The molecule has 130 valence electrons. The van der Waals surface area contributed by atoms with Crippen molar-refractivity contribution < 1.29 is 9.15 Å². The van der Waals surface area contributed by atoms with Crippen LogP contribution in [0.3, 0.4) is 0 Å². The van der Waals surface area contributed by atoms with Crippen LogP contribution in [0.1, 0.15) is 42.9 Å². The molecular formula is C19H21N3O3. The highest BCUT2D eigenvalue weighted by Crippen LogP contribution is 2.23. The van der Waals surface area contributed by atoms with Crippen molar-refractivity contribution in [3.8, 4) is 5.75 Å². The first kappa shape index (κ1) is 15.9. The van der Waals surface area contributed by atoms with Crippen molar-refractivity contribution in [2.24, 2.45) is 0 Å². The molecular weight excluding hydrogens is 318 g/mol. The Hall–Kier alpha value is -2.63. The van der Waals surface area contributed by atoms with E-state index in [1.54, 1.807) is 6.07 Å². The first-order valence-corrected chi connectivity index (χ1v) is 8.79. The third-order valence-electron chi connectivity index (χ3n) is 4.73. The van der Waals surface area contributed by atoms with Gasteiger partial charge in [-0.1, -0.05) is 12.8 Å². The van der Waals surface area contributed by atoms with Crippen molar-refractivity contribution in [2.75, 3.05) is 0 Å². The topological polar surface area (TPSA) is 70.2 Å². The molecule has 0 saturated heterocycles. The van der Waals surface area contributed by atoms with Crippen molar-refractivity contribution >= 4 is 11.0 Å². The van der Waals surface area contributed by atoms with Crippen LogP contribution in [0, 0.1) is 6.92 Å². The first-order chi connectivity index (χ1) is 12.2. The Morgan fingerprint density at radius 1 is 1.16 bits per heavy atom. The largest absolute Gasteiger partial charge is 0.485 e. The molecule has 1 aliphatic rings. The van der Waals surface area contributed by atoms with E-state index in [9.17, 15) is 4.79 Å². The Morgan fingerprint density at radius 2 is 2.04 bits per heavy atom. The molecule has 4 rings (SSSR count). The molecule has 1 aromatic carbocycles. The zero-order valence-corrected chi connectivity index (χ0v) is 14.3. The van der Waals surface area contributed by atoms with E-state index < -0.39 is 0 Å². The second kappa shape index (κ2) is 6.70. The zero-order valence-electron chi connectivity index (χ0n) is 14.3. The molecule has 0 bridgehead atoms. The summed E-state index contributed by atoms with van der Waals surface area (Å²) in [5, 5.41) is 9.53. The minimum Gasteiger partial charge on any atom is -0.485 e. The summed E-state index contributed by atoms with van der Waals surface area (Å²) in [6, 6.07) is 7.06. The van der Waals surface area contributed by atoms with Gasteiger partial charge in [0.05, 0.1) is 0 Å². The molecule has 0 amide bonds. The molecule has 0 saturated carbocycles. The van der Waals surface area contributed by atoms with Crippen LogP contribution in [0.4, 0.5) is 0 Å². The van der Waals surface area contributed by atoms with Crippen molar-refractivity contribution in [3.63, 3.8) is 0 Å². The zero-order chi connectivity index (χ0) is 17.2. The van der Waals surface area contributed by atoms with E-state index in [4.69, 9.17) is 9.15 Å². The smallest absolute Gasteiger partial charge is 0.336 e. The highest BCUT2D eigenvalue weighted by atomic mass is 16.5. The van der Waals surface area contributed by atoms with Crippen LogP contribution in [-0.4, -0.2) is 14.8 Å². The van der Waals surface area contributed by atoms with Gasteiger partial charge in [0.25, 0.3) is 0 Å². The number of benzene rings is 1. The molecule has 6 heteroatoms. The Kier molecular flexibility index (Phi) is 4.26. The van der Waals surface area contributed by atoms with Crippen LogP contribution in [0.15, 0.2) is 33.5 Å². The standard InChI is InChI=1S/C19H21N3O3/c1-13-10-19(23)25-16-11-14(7-8-15(13)16)24-12-18-21-20-17-6-4-2-3-5-9-22(17)18/h7-8,10-11H,2-6,9,12H2,1H3. The van der Waals surface area contributed by atoms with Crippen LogP contribution in [-0.2, 0) is 19.6 Å². The molecule has 2 aromatic heterocycles. The molecule has 0 radical (unpaired) electrons. The summed E-state index contributed by atoms with van der Waals surface area (Å²) in [5.74, 6) is 2.56. The molecule has 3 aromatic rings. The molecule has 1 aliphatic heterocycles. The molecule has 25 heavy (non-hydrogen) atoms. The Bertz CT molecular complexity index is 958. The van der Waals surface area contributed by atoms with E-state index in [2.05, 4.69) is 14.8 Å². The fourth-order valence-electron chi connectivity index (χ4n) is 3.37. The summed E-state index contributed by atoms with van der Waals surface area (Å²) in [6.07, 6.45) is 5.81. The molecule has 0 N–H and O–H groups in total. The normalized spacial score (nSPS) is 14.8. The Balaban J connectivity index is 1.55. The van der Waals surface area contributed by atoms with Gasteiger partial charge in [-0.3, -0.25) is 0 Å².